The van der Waals surface area contributed by atoms with Gasteiger partial charge in [-0.05, 0) is 55.2 Å². The molecule has 0 spiro atoms. The van der Waals surface area contributed by atoms with E-state index >= 15 is 0 Å². The molecule has 0 aliphatic carbocycles. The number of thioether (sulfide) groups is 1. The fourth-order valence-electron chi connectivity index (χ4n) is 2.00. The van der Waals surface area contributed by atoms with Crippen LogP contribution >= 0.6 is 11.8 Å². The highest BCUT2D eigenvalue weighted by Crippen LogP contribution is 2.23. The van der Waals surface area contributed by atoms with Crippen LogP contribution in [0.1, 0.15) is 11.1 Å². The van der Waals surface area contributed by atoms with Crippen LogP contribution in [0, 0.1) is 5.82 Å². The van der Waals surface area contributed by atoms with E-state index in [9.17, 15) is 14.0 Å². The maximum absolute atomic E-state index is 13.6. The summed E-state index contributed by atoms with van der Waals surface area (Å²) in [5, 5.41) is 10.4. The maximum Gasteiger partial charge on any atom is 0.331 e. The topological polar surface area (TPSA) is 83.4 Å². The number of hydrogen-bond acceptors (Lipinski definition) is 7. The summed E-state index contributed by atoms with van der Waals surface area (Å²) in [6.45, 7) is 0.598. The average Bonchev–Trinajstić information content (AvgIpc) is 2.85. The highest BCUT2D eigenvalue weighted by atomic mass is 32.2. The molecule has 1 saturated heterocycles. The van der Waals surface area contributed by atoms with Crippen LogP contribution in [0.15, 0.2) is 39.4 Å². The molecule has 1 amide bonds. The van der Waals surface area contributed by atoms with Gasteiger partial charge in [0.2, 0.25) is 0 Å². The first-order chi connectivity index (χ1) is 11.9. The van der Waals surface area contributed by atoms with E-state index < -0.39 is 11.9 Å². The molecule has 2 rings (SSSR count). The van der Waals surface area contributed by atoms with Gasteiger partial charge in [-0.2, -0.15) is 5.10 Å². The number of nitrogens with zero attached hydrogens (tertiary/aromatic N) is 3. The molecule has 1 aliphatic rings. The Morgan fingerprint density at radius 2 is 2.16 bits per heavy atom. The van der Waals surface area contributed by atoms with Crippen LogP contribution < -0.4 is 5.32 Å². The Bertz CT molecular complexity index is 775. The molecule has 1 heterocycles. The maximum atomic E-state index is 13.6. The van der Waals surface area contributed by atoms with Crippen molar-refractivity contribution in [2.75, 3.05) is 21.2 Å². The lowest BCUT2D eigenvalue weighted by Gasteiger charge is -2.10. The van der Waals surface area contributed by atoms with E-state index in [2.05, 4.69) is 20.3 Å². The van der Waals surface area contributed by atoms with Crippen molar-refractivity contribution in [2.45, 2.75) is 6.54 Å². The summed E-state index contributed by atoms with van der Waals surface area (Å²) in [6, 6.07) is 4.60. The van der Waals surface area contributed by atoms with E-state index in [1.807, 2.05) is 19.0 Å². The lowest BCUT2D eigenvalue weighted by atomic mass is 10.1. The molecule has 0 unspecified atom stereocenters. The van der Waals surface area contributed by atoms with Gasteiger partial charge in [0.05, 0.1) is 18.2 Å². The van der Waals surface area contributed by atoms with Gasteiger partial charge in [-0.25, -0.2) is 9.18 Å². The number of amidine groups is 1. The number of methoxy groups -OCH3 is 1. The van der Waals surface area contributed by atoms with Crippen molar-refractivity contribution in [1.82, 2.24) is 10.2 Å². The molecular weight excluding hydrogens is 347 g/mol. The minimum absolute atomic E-state index is 0.167. The SMILES string of the molecule is COC(=O)/C=C1/S/C(=N\N=Cc2cc(F)cc(CN(C)C)c2)NC1=O. The van der Waals surface area contributed by atoms with Gasteiger partial charge in [-0.1, -0.05) is 0 Å². The van der Waals surface area contributed by atoms with Crippen molar-refractivity contribution >= 4 is 35.0 Å². The minimum Gasteiger partial charge on any atom is -0.466 e. The fourth-order valence-corrected chi connectivity index (χ4v) is 2.73. The van der Waals surface area contributed by atoms with E-state index in [1.165, 1.54) is 25.5 Å². The molecule has 132 valence electrons. The monoisotopic (exact) mass is 364 g/mol. The molecule has 0 saturated carbocycles. The number of carbonyl (C=O) groups is 2. The van der Waals surface area contributed by atoms with Crippen LogP contribution in [0.2, 0.25) is 0 Å². The van der Waals surface area contributed by atoms with Gasteiger partial charge < -0.3 is 9.64 Å². The molecule has 25 heavy (non-hydrogen) atoms. The van der Waals surface area contributed by atoms with E-state index in [0.29, 0.717) is 12.1 Å². The molecule has 1 aliphatic heterocycles. The normalized spacial score (nSPS) is 17.7. The summed E-state index contributed by atoms with van der Waals surface area (Å²) in [7, 11) is 5.01. The largest absolute Gasteiger partial charge is 0.466 e. The summed E-state index contributed by atoms with van der Waals surface area (Å²) in [6.07, 6.45) is 2.47. The Morgan fingerprint density at radius 3 is 2.84 bits per heavy atom. The van der Waals surface area contributed by atoms with Crippen molar-refractivity contribution in [3.8, 4) is 0 Å². The summed E-state index contributed by atoms with van der Waals surface area (Å²) in [5.74, 6) is -1.45. The van der Waals surface area contributed by atoms with Gasteiger partial charge in [-0.15, -0.1) is 5.10 Å². The zero-order valence-electron chi connectivity index (χ0n) is 13.9. The number of halogens is 1. The van der Waals surface area contributed by atoms with Crippen molar-refractivity contribution in [3.63, 3.8) is 0 Å². The predicted molar refractivity (Wildman–Crippen MR) is 94.7 cm³/mol. The van der Waals surface area contributed by atoms with E-state index in [4.69, 9.17) is 0 Å². The molecule has 1 fully saturated rings. The molecule has 1 aromatic rings. The Kier molecular flexibility index (Phi) is 6.43. The third-order valence-electron chi connectivity index (χ3n) is 2.94. The highest BCUT2D eigenvalue weighted by molar-refractivity contribution is 8.18. The molecule has 9 heteroatoms. The molecular formula is C16H17FN4O3S. The summed E-state index contributed by atoms with van der Waals surface area (Å²) < 4.78 is 18.1. The van der Waals surface area contributed by atoms with Crippen molar-refractivity contribution < 1.29 is 18.7 Å². The molecule has 1 aromatic carbocycles. The second-order valence-corrected chi connectivity index (χ2v) is 6.40. The van der Waals surface area contributed by atoms with Gasteiger partial charge in [-0.3, -0.25) is 10.1 Å². The standard InChI is InChI=1S/C16H17FN4O3S/c1-21(2)9-11-4-10(5-12(17)6-11)8-18-20-16-19-15(23)13(25-16)7-14(22)24-3/h4-8H,9H2,1-3H3,(H,19,20,23)/b13-7+,18-8?. The fraction of sp³-hybridized carbons (Fsp3) is 0.250. The zero-order valence-corrected chi connectivity index (χ0v) is 14.8. The van der Waals surface area contributed by atoms with E-state index in [1.54, 1.807) is 6.07 Å². The number of ether oxygens (including phenoxy) is 1. The second-order valence-electron chi connectivity index (χ2n) is 5.37. The van der Waals surface area contributed by atoms with Gasteiger partial charge in [0, 0.05) is 12.6 Å². The van der Waals surface area contributed by atoms with Crippen LogP contribution in [0.3, 0.4) is 0 Å². The quantitative estimate of drug-likeness (QED) is 0.370. The number of amides is 1. The lowest BCUT2D eigenvalue weighted by Crippen LogP contribution is -2.19. The molecule has 0 atom stereocenters. The minimum atomic E-state index is -0.629. The lowest BCUT2D eigenvalue weighted by molar-refractivity contribution is -0.135. The Labute approximate surface area is 148 Å². The Hall–Kier alpha value is -2.52. The van der Waals surface area contributed by atoms with Gasteiger partial charge in [0.1, 0.15) is 5.82 Å². The Morgan fingerprint density at radius 1 is 1.40 bits per heavy atom. The number of rotatable bonds is 5. The van der Waals surface area contributed by atoms with E-state index in [-0.39, 0.29) is 15.9 Å². The first kappa shape index (κ1) is 18.8. The summed E-state index contributed by atoms with van der Waals surface area (Å²) in [5.41, 5.74) is 1.37. The average molecular weight is 364 g/mol. The Balaban J connectivity index is 2.09. The van der Waals surface area contributed by atoms with Crippen molar-refractivity contribution in [3.05, 3.63) is 46.1 Å². The van der Waals surface area contributed by atoms with Gasteiger partial charge in [0.15, 0.2) is 5.17 Å². The van der Waals surface area contributed by atoms with Crippen LogP contribution in [-0.4, -0.2) is 49.4 Å². The first-order valence-electron chi connectivity index (χ1n) is 7.21. The van der Waals surface area contributed by atoms with Gasteiger partial charge >= 0.3 is 5.97 Å². The third-order valence-corrected chi connectivity index (χ3v) is 3.84. The number of benzene rings is 1. The second kappa shape index (κ2) is 8.54. The smallest absolute Gasteiger partial charge is 0.331 e. The van der Waals surface area contributed by atoms with E-state index in [0.717, 1.165) is 23.4 Å². The van der Waals surface area contributed by atoms with Crippen LogP contribution in [-0.2, 0) is 20.9 Å². The molecule has 0 radical (unpaired) electrons. The number of carbonyl (C=O) groups excluding carboxylic acids is 2. The van der Waals surface area contributed by atoms with Crippen LogP contribution in [0.4, 0.5) is 4.39 Å². The molecule has 7 nitrogen and oxygen atoms in total. The van der Waals surface area contributed by atoms with Crippen molar-refractivity contribution in [1.29, 1.82) is 0 Å². The van der Waals surface area contributed by atoms with Crippen LogP contribution in [0.25, 0.3) is 0 Å². The third kappa shape index (κ3) is 5.80. The van der Waals surface area contributed by atoms with Crippen molar-refractivity contribution in [2.24, 2.45) is 10.2 Å². The molecule has 0 aromatic heterocycles. The molecule has 1 N–H and O–H groups in total. The first-order valence-corrected chi connectivity index (χ1v) is 8.03. The zero-order chi connectivity index (χ0) is 18.4. The van der Waals surface area contributed by atoms with Gasteiger partial charge in [0.25, 0.3) is 5.91 Å². The number of nitrogens with one attached hydrogen (secondary N) is 1. The highest BCUT2D eigenvalue weighted by Gasteiger charge is 2.24. The summed E-state index contributed by atoms with van der Waals surface area (Å²) in [4.78, 5) is 24.9. The predicted octanol–water partition coefficient (Wildman–Crippen LogP) is 1.50. The number of hydrogen-bond donors (Lipinski definition) is 1. The summed E-state index contributed by atoms with van der Waals surface area (Å²) >= 11 is 0.967. The molecule has 0 bridgehead atoms. The van der Waals surface area contributed by atoms with Crippen LogP contribution in [0.5, 0.6) is 0 Å². The number of esters is 1.